The Morgan fingerprint density at radius 1 is 1.25 bits per heavy atom. The Hall–Kier alpha value is -1.38. The maximum absolute atomic E-state index is 6.36. The topological polar surface area (TPSA) is 24.9 Å². The van der Waals surface area contributed by atoms with Crippen molar-refractivity contribution < 1.29 is 0 Å². The summed E-state index contributed by atoms with van der Waals surface area (Å²) in [6.07, 6.45) is 2.71. The third-order valence-corrected chi connectivity index (χ3v) is 3.86. The van der Waals surface area contributed by atoms with E-state index in [9.17, 15) is 0 Å². The first-order valence-corrected chi connectivity index (χ1v) is 7.39. The number of likely N-dealkylation sites (N-methyl/N-ethyl adjacent to an activating group) is 1. The zero-order valence-corrected chi connectivity index (χ0v) is 13.0. The fourth-order valence-corrected chi connectivity index (χ4v) is 2.75. The maximum atomic E-state index is 6.36. The normalized spacial score (nSPS) is 12.4. The fourth-order valence-electron chi connectivity index (χ4n) is 2.44. The molecule has 0 aliphatic rings. The second-order valence-electron chi connectivity index (χ2n) is 5.09. The van der Waals surface area contributed by atoms with Gasteiger partial charge in [-0.15, -0.1) is 0 Å². The van der Waals surface area contributed by atoms with E-state index >= 15 is 0 Å². The minimum Gasteiger partial charge on any atom is -0.310 e. The Bertz CT molecular complexity index is 581. The Kier molecular flexibility index (Phi) is 5.16. The van der Waals surface area contributed by atoms with E-state index in [-0.39, 0.29) is 6.04 Å². The first-order chi connectivity index (χ1) is 9.61. The summed E-state index contributed by atoms with van der Waals surface area (Å²) < 4.78 is 0. The quantitative estimate of drug-likeness (QED) is 0.890. The summed E-state index contributed by atoms with van der Waals surface area (Å²) in [6, 6.07) is 10.6. The number of aromatic nitrogens is 1. The van der Waals surface area contributed by atoms with Crippen LogP contribution in [-0.4, -0.2) is 11.5 Å². The Balaban J connectivity index is 2.28. The van der Waals surface area contributed by atoms with Gasteiger partial charge in [0.15, 0.2) is 0 Å². The van der Waals surface area contributed by atoms with E-state index in [1.54, 1.807) is 0 Å². The molecule has 0 bridgehead atoms. The largest absolute Gasteiger partial charge is 0.310 e. The van der Waals surface area contributed by atoms with Gasteiger partial charge >= 0.3 is 0 Å². The van der Waals surface area contributed by atoms with Gasteiger partial charge in [0.2, 0.25) is 0 Å². The predicted molar refractivity (Wildman–Crippen MR) is 85.3 cm³/mol. The summed E-state index contributed by atoms with van der Waals surface area (Å²) in [6.45, 7) is 7.15. The van der Waals surface area contributed by atoms with Crippen molar-refractivity contribution in [2.24, 2.45) is 0 Å². The summed E-state index contributed by atoms with van der Waals surface area (Å²) in [5.41, 5.74) is 4.68. The van der Waals surface area contributed by atoms with Crippen molar-refractivity contribution in [3.8, 4) is 0 Å². The van der Waals surface area contributed by atoms with Crippen LogP contribution in [0, 0.1) is 13.8 Å². The van der Waals surface area contributed by atoms with Gasteiger partial charge in [-0.3, -0.25) is 4.98 Å². The van der Waals surface area contributed by atoms with E-state index < -0.39 is 0 Å². The molecule has 3 heteroatoms. The third-order valence-electron chi connectivity index (χ3n) is 3.51. The molecule has 0 fully saturated rings. The molecule has 106 valence electrons. The SMILES string of the molecule is CCNC(Cc1ccc(C)cc1Cl)c1cccnc1C. The van der Waals surface area contributed by atoms with Gasteiger partial charge in [-0.2, -0.15) is 0 Å². The summed E-state index contributed by atoms with van der Waals surface area (Å²) in [5.74, 6) is 0. The third kappa shape index (κ3) is 3.59. The molecule has 0 amide bonds. The zero-order chi connectivity index (χ0) is 14.5. The number of nitrogens with zero attached hydrogens (tertiary/aromatic N) is 1. The van der Waals surface area contributed by atoms with Crippen LogP contribution in [0.3, 0.4) is 0 Å². The van der Waals surface area contributed by atoms with Crippen LogP contribution >= 0.6 is 11.6 Å². The molecular weight excluding hydrogens is 268 g/mol. The molecule has 0 aliphatic carbocycles. The standard InChI is InChI=1S/C17H21ClN2/c1-4-19-17(15-6-5-9-20-13(15)3)11-14-8-7-12(2)10-16(14)18/h5-10,17,19H,4,11H2,1-3H3. The van der Waals surface area contributed by atoms with Crippen molar-refractivity contribution in [2.75, 3.05) is 6.54 Å². The highest BCUT2D eigenvalue weighted by atomic mass is 35.5. The number of pyridine rings is 1. The first kappa shape index (κ1) is 15.0. The molecule has 1 aromatic carbocycles. The molecule has 1 heterocycles. The van der Waals surface area contributed by atoms with Crippen LogP contribution in [0.25, 0.3) is 0 Å². The van der Waals surface area contributed by atoms with E-state index in [0.29, 0.717) is 0 Å². The van der Waals surface area contributed by atoms with Crippen molar-refractivity contribution >= 4 is 11.6 Å². The van der Waals surface area contributed by atoms with Gasteiger partial charge in [0, 0.05) is 23.0 Å². The highest BCUT2D eigenvalue weighted by Gasteiger charge is 2.15. The van der Waals surface area contributed by atoms with Crippen molar-refractivity contribution in [3.05, 3.63) is 63.9 Å². The second-order valence-corrected chi connectivity index (χ2v) is 5.49. The molecule has 0 saturated carbocycles. The lowest BCUT2D eigenvalue weighted by molar-refractivity contribution is 0.545. The lowest BCUT2D eigenvalue weighted by Crippen LogP contribution is -2.24. The van der Waals surface area contributed by atoms with Gasteiger partial charge in [-0.05, 0) is 55.6 Å². The molecule has 1 unspecified atom stereocenters. The minimum absolute atomic E-state index is 0.244. The van der Waals surface area contributed by atoms with E-state index in [2.05, 4.69) is 49.3 Å². The van der Waals surface area contributed by atoms with E-state index in [4.69, 9.17) is 11.6 Å². The molecule has 0 aliphatic heterocycles. The van der Waals surface area contributed by atoms with Gasteiger partial charge in [-0.1, -0.05) is 36.7 Å². The Morgan fingerprint density at radius 2 is 2.05 bits per heavy atom. The molecule has 2 aromatic rings. The highest BCUT2D eigenvalue weighted by Crippen LogP contribution is 2.25. The summed E-state index contributed by atoms with van der Waals surface area (Å²) in [4.78, 5) is 4.39. The van der Waals surface area contributed by atoms with Gasteiger partial charge < -0.3 is 5.32 Å². The molecule has 2 rings (SSSR count). The van der Waals surface area contributed by atoms with Crippen LogP contribution in [0.15, 0.2) is 36.5 Å². The van der Waals surface area contributed by atoms with E-state index in [1.165, 1.54) is 16.7 Å². The average molecular weight is 289 g/mol. The minimum atomic E-state index is 0.244. The molecule has 1 N–H and O–H groups in total. The molecule has 0 spiro atoms. The summed E-state index contributed by atoms with van der Waals surface area (Å²) >= 11 is 6.36. The Labute approximate surface area is 126 Å². The number of aryl methyl sites for hydroxylation is 2. The number of nitrogens with one attached hydrogen (secondary N) is 1. The number of benzene rings is 1. The van der Waals surface area contributed by atoms with Crippen molar-refractivity contribution in [1.29, 1.82) is 0 Å². The van der Waals surface area contributed by atoms with Crippen LogP contribution in [-0.2, 0) is 6.42 Å². The second kappa shape index (κ2) is 6.87. The van der Waals surface area contributed by atoms with Gasteiger partial charge in [0.1, 0.15) is 0 Å². The van der Waals surface area contributed by atoms with Crippen LogP contribution in [0.1, 0.15) is 35.3 Å². The van der Waals surface area contributed by atoms with E-state index in [1.807, 2.05) is 18.3 Å². The molecule has 1 atom stereocenters. The highest BCUT2D eigenvalue weighted by molar-refractivity contribution is 6.31. The van der Waals surface area contributed by atoms with Crippen LogP contribution < -0.4 is 5.32 Å². The number of hydrogen-bond acceptors (Lipinski definition) is 2. The van der Waals surface area contributed by atoms with Crippen LogP contribution in [0.2, 0.25) is 5.02 Å². The molecule has 0 radical (unpaired) electrons. The summed E-state index contributed by atoms with van der Waals surface area (Å²) in [5, 5.41) is 4.37. The summed E-state index contributed by atoms with van der Waals surface area (Å²) in [7, 11) is 0. The first-order valence-electron chi connectivity index (χ1n) is 7.01. The Morgan fingerprint density at radius 3 is 2.70 bits per heavy atom. The average Bonchev–Trinajstić information content (AvgIpc) is 2.42. The smallest absolute Gasteiger partial charge is 0.0441 e. The number of rotatable bonds is 5. The molecule has 20 heavy (non-hydrogen) atoms. The molecule has 2 nitrogen and oxygen atoms in total. The van der Waals surface area contributed by atoms with Crippen molar-refractivity contribution in [2.45, 2.75) is 33.2 Å². The van der Waals surface area contributed by atoms with Crippen LogP contribution in [0.4, 0.5) is 0 Å². The zero-order valence-electron chi connectivity index (χ0n) is 12.3. The lowest BCUT2D eigenvalue weighted by Gasteiger charge is -2.20. The predicted octanol–water partition coefficient (Wildman–Crippen LogP) is 4.25. The maximum Gasteiger partial charge on any atom is 0.0441 e. The molecule has 1 aromatic heterocycles. The van der Waals surface area contributed by atoms with Crippen molar-refractivity contribution in [1.82, 2.24) is 10.3 Å². The molecule has 0 saturated heterocycles. The fraction of sp³-hybridized carbons (Fsp3) is 0.353. The van der Waals surface area contributed by atoms with Gasteiger partial charge in [0.25, 0.3) is 0 Å². The van der Waals surface area contributed by atoms with E-state index in [0.717, 1.165) is 23.7 Å². The number of halogens is 1. The van der Waals surface area contributed by atoms with Crippen molar-refractivity contribution in [3.63, 3.8) is 0 Å². The van der Waals surface area contributed by atoms with Gasteiger partial charge in [-0.25, -0.2) is 0 Å². The monoisotopic (exact) mass is 288 g/mol. The molecular formula is C17H21ClN2. The van der Waals surface area contributed by atoms with Crippen LogP contribution in [0.5, 0.6) is 0 Å². The van der Waals surface area contributed by atoms with Gasteiger partial charge in [0.05, 0.1) is 0 Å². The number of hydrogen-bond donors (Lipinski definition) is 1. The lowest BCUT2D eigenvalue weighted by atomic mass is 9.97.